The number of Topliss-reactive ketones (excluding diaryl/α,β-unsaturated/α-hetero) is 1. The van der Waals surface area contributed by atoms with Crippen LogP contribution in [0.1, 0.15) is 23.2 Å². The molecule has 7 heteroatoms. The molecule has 3 heterocycles. The lowest BCUT2D eigenvalue weighted by atomic mass is 10.0. The first-order valence-corrected chi connectivity index (χ1v) is 8.84. The predicted molar refractivity (Wildman–Crippen MR) is 90.7 cm³/mol. The van der Waals surface area contributed by atoms with Gasteiger partial charge in [0.15, 0.2) is 10.9 Å². The summed E-state index contributed by atoms with van der Waals surface area (Å²) in [6, 6.07) is 6.22. The highest BCUT2D eigenvalue weighted by Gasteiger charge is 2.36. The summed E-state index contributed by atoms with van der Waals surface area (Å²) in [6.07, 6.45) is 3.45. The van der Waals surface area contributed by atoms with Crippen molar-refractivity contribution in [3.05, 3.63) is 41.4 Å². The number of amides is 1. The molecule has 1 N–H and O–H groups in total. The van der Waals surface area contributed by atoms with Crippen molar-refractivity contribution in [2.75, 3.05) is 18.1 Å². The zero-order valence-corrected chi connectivity index (χ0v) is 13.8. The molecule has 1 saturated heterocycles. The number of carbonyl (C=O) groups is 2. The molecule has 1 aromatic carbocycles. The third-order valence-corrected chi connectivity index (χ3v) is 5.22. The summed E-state index contributed by atoms with van der Waals surface area (Å²) in [7, 11) is 0. The first kappa shape index (κ1) is 15.1. The zero-order chi connectivity index (χ0) is 16.5. The van der Waals surface area contributed by atoms with Gasteiger partial charge in [0.05, 0.1) is 5.56 Å². The normalized spacial score (nSPS) is 22.8. The minimum atomic E-state index is -0.633. The van der Waals surface area contributed by atoms with Crippen molar-refractivity contribution in [1.29, 1.82) is 0 Å². The Morgan fingerprint density at radius 2 is 2.25 bits per heavy atom. The summed E-state index contributed by atoms with van der Waals surface area (Å²) in [5.74, 6) is 0.353. The quantitative estimate of drug-likeness (QED) is 0.921. The Labute approximate surface area is 143 Å². The van der Waals surface area contributed by atoms with Crippen LogP contribution in [0.25, 0.3) is 0 Å². The van der Waals surface area contributed by atoms with E-state index in [-0.39, 0.29) is 24.3 Å². The number of anilines is 1. The Balaban J connectivity index is 1.48. The fourth-order valence-corrected chi connectivity index (χ4v) is 3.95. The molecule has 124 valence electrons. The van der Waals surface area contributed by atoms with Gasteiger partial charge in [0, 0.05) is 18.1 Å². The maximum Gasteiger partial charge on any atom is 0.243 e. The Hall–Kier alpha value is -2.41. The average molecular weight is 343 g/mol. The minimum absolute atomic E-state index is 0.0935. The Bertz CT molecular complexity index is 762. The van der Waals surface area contributed by atoms with Gasteiger partial charge in [-0.1, -0.05) is 12.1 Å². The van der Waals surface area contributed by atoms with Gasteiger partial charge in [-0.25, -0.2) is 4.98 Å². The van der Waals surface area contributed by atoms with E-state index < -0.39 is 6.04 Å². The van der Waals surface area contributed by atoms with Crippen LogP contribution in [0, 0.1) is 0 Å². The highest BCUT2D eigenvalue weighted by molar-refractivity contribution is 7.13. The molecule has 0 bridgehead atoms. The number of para-hydroxylation sites is 1. The van der Waals surface area contributed by atoms with Crippen LogP contribution >= 0.6 is 11.3 Å². The smallest absolute Gasteiger partial charge is 0.243 e. The van der Waals surface area contributed by atoms with Gasteiger partial charge >= 0.3 is 0 Å². The lowest BCUT2D eigenvalue weighted by Gasteiger charge is -2.28. The number of rotatable bonds is 3. The van der Waals surface area contributed by atoms with E-state index in [4.69, 9.17) is 4.74 Å². The Morgan fingerprint density at radius 3 is 3.08 bits per heavy atom. The molecule has 4 rings (SSSR count). The van der Waals surface area contributed by atoms with Crippen LogP contribution in [-0.2, 0) is 4.79 Å². The highest BCUT2D eigenvalue weighted by atomic mass is 32.1. The first-order chi connectivity index (χ1) is 11.7. The van der Waals surface area contributed by atoms with Gasteiger partial charge in [-0.05, 0) is 25.0 Å². The van der Waals surface area contributed by atoms with Crippen molar-refractivity contribution in [1.82, 2.24) is 10.3 Å². The molecule has 0 spiro atoms. The summed E-state index contributed by atoms with van der Waals surface area (Å²) in [5, 5.41) is 5.62. The van der Waals surface area contributed by atoms with Gasteiger partial charge in [0.2, 0.25) is 5.91 Å². The molecule has 1 fully saturated rings. The van der Waals surface area contributed by atoms with E-state index in [1.807, 2.05) is 16.3 Å². The summed E-state index contributed by atoms with van der Waals surface area (Å²) in [4.78, 5) is 31.6. The van der Waals surface area contributed by atoms with E-state index >= 15 is 0 Å². The van der Waals surface area contributed by atoms with Crippen molar-refractivity contribution in [3.63, 3.8) is 0 Å². The molecule has 0 saturated carbocycles. The van der Waals surface area contributed by atoms with Crippen LogP contribution < -0.4 is 15.0 Å². The molecule has 0 radical (unpaired) electrons. The fourth-order valence-electron chi connectivity index (χ4n) is 3.23. The zero-order valence-electron chi connectivity index (χ0n) is 13.0. The summed E-state index contributed by atoms with van der Waals surface area (Å²) in [5.41, 5.74) is 0.525. The average Bonchev–Trinajstić information content (AvgIpc) is 3.28. The van der Waals surface area contributed by atoms with E-state index in [1.54, 1.807) is 24.4 Å². The molecule has 0 aliphatic carbocycles. The number of benzene rings is 1. The van der Waals surface area contributed by atoms with E-state index in [2.05, 4.69) is 10.3 Å². The number of nitrogens with zero attached hydrogens (tertiary/aromatic N) is 2. The van der Waals surface area contributed by atoms with Gasteiger partial charge in [-0.3, -0.25) is 9.59 Å². The van der Waals surface area contributed by atoms with Gasteiger partial charge in [-0.2, -0.15) is 0 Å². The van der Waals surface area contributed by atoms with Crippen LogP contribution in [0.3, 0.4) is 0 Å². The van der Waals surface area contributed by atoms with Crippen molar-refractivity contribution in [2.24, 2.45) is 0 Å². The molecule has 2 aliphatic heterocycles. The molecule has 1 amide bonds. The molecule has 2 unspecified atom stereocenters. The molecule has 2 aliphatic rings. The van der Waals surface area contributed by atoms with Crippen molar-refractivity contribution < 1.29 is 14.3 Å². The van der Waals surface area contributed by atoms with Crippen LogP contribution in [0.15, 0.2) is 35.8 Å². The van der Waals surface area contributed by atoms with Gasteiger partial charge in [0.25, 0.3) is 0 Å². The fraction of sp³-hybridized carbons (Fsp3) is 0.353. The second-order valence-electron chi connectivity index (χ2n) is 5.90. The van der Waals surface area contributed by atoms with E-state index in [1.165, 1.54) is 11.3 Å². The number of ether oxygens (including phenoxy) is 1. The number of carbonyl (C=O) groups excluding carboxylic acids is 2. The topological polar surface area (TPSA) is 71.5 Å². The molecule has 24 heavy (non-hydrogen) atoms. The number of aromatic nitrogens is 1. The largest absolute Gasteiger partial charge is 0.490 e. The van der Waals surface area contributed by atoms with Crippen LogP contribution in [-0.4, -0.2) is 41.9 Å². The third kappa shape index (κ3) is 2.65. The van der Waals surface area contributed by atoms with Gasteiger partial charge < -0.3 is 15.0 Å². The summed E-state index contributed by atoms with van der Waals surface area (Å²) >= 11 is 1.52. The minimum Gasteiger partial charge on any atom is -0.490 e. The first-order valence-electron chi connectivity index (χ1n) is 7.96. The maximum absolute atomic E-state index is 12.7. The number of hydrogen-bond donors (Lipinski definition) is 1. The Morgan fingerprint density at radius 1 is 1.38 bits per heavy atom. The maximum atomic E-state index is 12.7. The molecule has 2 atom stereocenters. The summed E-state index contributed by atoms with van der Waals surface area (Å²) in [6.45, 7) is 0.981. The number of hydrogen-bond acceptors (Lipinski definition) is 6. The predicted octanol–water partition coefficient (Wildman–Crippen LogP) is 1.87. The number of thiazole rings is 1. The number of fused-ring (bicyclic) bond motifs is 1. The Kier molecular flexibility index (Phi) is 3.93. The van der Waals surface area contributed by atoms with Gasteiger partial charge in [-0.15, -0.1) is 11.3 Å². The van der Waals surface area contributed by atoms with E-state index in [0.717, 1.165) is 24.5 Å². The lowest BCUT2D eigenvalue weighted by Crippen LogP contribution is -2.52. The number of ketones is 1. The number of nitrogens with one attached hydrogen (secondary N) is 1. The lowest BCUT2D eigenvalue weighted by molar-refractivity contribution is -0.122. The van der Waals surface area contributed by atoms with Crippen molar-refractivity contribution in [3.8, 4) is 5.75 Å². The molecular weight excluding hydrogens is 326 g/mol. The monoisotopic (exact) mass is 343 g/mol. The van der Waals surface area contributed by atoms with Crippen molar-refractivity contribution >= 4 is 28.2 Å². The summed E-state index contributed by atoms with van der Waals surface area (Å²) < 4.78 is 5.61. The van der Waals surface area contributed by atoms with Crippen LogP contribution in [0.4, 0.5) is 5.13 Å². The SMILES string of the molecule is O=C1c2ccccc2OCC1NC(=O)C1CCCN1c1nccs1. The van der Waals surface area contributed by atoms with Crippen molar-refractivity contribution in [2.45, 2.75) is 24.9 Å². The second-order valence-corrected chi connectivity index (χ2v) is 6.77. The highest BCUT2D eigenvalue weighted by Crippen LogP contribution is 2.28. The standard InChI is InChI=1S/C17H17N3O3S/c21-15-11-4-1-2-6-14(11)23-10-12(15)19-16(22)13-5-3-8-20(13)17-18-7-9-24-17/h1-2,4,6-7,9,12-13H,3,5,8,10H2,(H,19,22). The molecule has 2 aromatic rings. The molecule has 6 nitrogen and oxygen atoms in total. The molecule has 1 aromatic heterocycles. The van der Waals surface area contributed by atoms with Crippen LogP contribution in [0.2, 0.25) is 0 Å². The van der Waals surface area contributed by atoms with E-state index in [9.17, 15) is 9.59 Å². The molecular formula is C17H17N3O3S. The van der Waals surface area contributed by atoms with Crippen LogP contribution in [0.5, 0.6) is 5.75 Å². The second kappa shape index (κ2) is 6.24. The van der Waals surface area contributed by atoms with Gasteiger partial charge in [0.1, 0.15) is 24.4 Å². The third-order valence-electron chi connectivity index (χ3n) is 4.41. The van der Waals surface area contributed by atoms with E-state index in [0.29, 0.717) is 11.3 Å².